The lowest BCUT2D eigenvalue weighted by Gasteiger charge is -2.35. The number of aryl methyl sites for hydroxylation is 1. The zero-order chi connectivity index (χ0) is 26.0. The van der Waals surface area contributed by atoms with Crippen molar-refractivity contribution in [2.45, 2.75) is 31.8 Å². The molecule has 2 aromatic carbocycles. The number of sulfonamides is 1. The molecule has 10 heteroatoms. The Bertz CT molecular complexity index is 1180. The first-order valence-corrected chi connectivity index (χ1v) is 14.9. The molecule has 0 radical (unpaired) electrons. The summed E-state index contributed by atoms with van der Waals surface area (Å²) in [5.74, 6) is 0.0703. The molecule has 196 valence electrons. The predicted molar refractivity (Wildman–Crippen MR) is 145 cm³/mol. The molecule has 2 heterocycles. The first-order chi connectivity index (χ1) is 17.1. The molecule has 0 bridgehead atoms. The van der Waals surface area contributed by atoms with E-state index in [0.717, 1.165) is 18.5 Å². The maximum absolute atomic E-state index is 13.5. The fourth-order valence-electron chi connectivity index (χ4n) is 5.16. The van der Waals surface area contributed by atoms with E-state index < -0.39 is 10.0 Å². The molecule has 7 nitrogen and oxygen atoms in total. The average Bonchev–Trinajstić information content (AvgIpc) is 3.31. The molecule has 36 heavy (non-hydrogen) atoms. The molecular formula is C26H34Cl2N4O3S. The number of likely N-dealkylation sites (N-methyl/N-ethyl adjacent to an activating group) is 1. The smallest absolute Gasteiger partial charge is 0.320 e. The zero-order valence-electron chi connectivity index (χ0n) is 21.0. The van der Waals surface area contributed by atoms with E-state index in [1.54, 1.807) is 4.90 Å². The van der Waals surface area contributed by atoms with E-state index in [0.29, 0.717) is 49.3 Å². The van der Waals surface area contributed by atoms with Crippen LogP contribution in [0.5, 0.6) is 0 Å². The van der Waals surface area contributed by atoms with Gasteiger partial charge in [-0.15, -0.1) is 0 Å². The van der Waals surface area contributed by atoms with Crippen LogP contribution >= 0.6 is 23.2 Å². The van der Waals surface area contributed by atoms with Crippen LogP contribution in [0, 0.1) is 0 Å². The summed E-state index contributed by atoms with van der Waals surface area (Å²) >= 11 is 12.5. The Hall–Kier alpha value is -1.84. The van der Waals surface area contributed by atoms with Crippen molar-refractivity contribution in [3.05, 3.63) is 69.2 Å². The quantitative estimate of drug-likeness (QED) is 0.539. The van der Waals surface area contributed by atoms with E-state index in [9.17, 15) is 13.2 Å². The van der Waals surface area contributed by atoms with Gasteiger partial charge in [-0.3, -0.25) is 4.90 Å². The number of halogens is 2. The lowest BCUT2D eigenvalue weighted by atomic mass is 9.93. The number of rotatable bonds is 6. The summed E-state index contributed by atoms with van der Waals surface area (Å²) in [6.07, 6.45) is 2.22. The summed E-state index contributed by atoms with van der Waals surface area (Å²) < 4.78 is 25.2. The number of amides is 2. The Kier molecular flexibility index (Phi) is 8.52. The number of carbonyl (C=O) groups is 1. The van der Waals surface area contributed by atoms with Crippen molar-refractivity contribution in [2.75, 3.05) is 52.6 Å². The summed E-state index contributed by atoms with van der Waals surface area (Å²) in [7, 11) is -1.15. The second-order valence-electron chi connectivity index (χ2n) is 9.77. The minimum absolute atomic E-state index is 0.0450. The maximum Gasteiger partial charge on any atom is 0.320 e. The first-order valence-electron chi connectivity index (χ1n) is 12.3. The van der Waals surface area contributed by atoms with E-state index in [1.165, 1.54) is 21.7 Å². The van der Waals surface area contributed by atoms with Crippen LogP contribution in [-0.2, 0) is 23.0 Å². The average molecular weight is 554 g/mol. The normalized spacial score (nSPS) is 21.4. The van der Waals surface area contributed by atoms with Crippen molar-refractivity contribution in [3.8, 4) is 0 Å². The van der Waals surface area contributed by atoms with Gasteiger partial charge in [0.15, 0.2) is 0 Å². The molecule has 0 N–H and O–H groups in total. The predicted octanol–water partition coefficient (Wildman–Crippen LogP) is 4.15. The van der Waals surface area contributed by atoms with Gasteiger partial charge in [0.1, 0.15) is 0 Å². The van der Waals surface area contributed by atoms with Crippen LogP contribution in [-0.4, -0.2) is 92.1 Å². The molecule has 0 saturated carbocycles. The van der Waals surface area contributed by atoms with Crippen LogP contribution in [0.2, 0.25) is 10.0 Å². The van der Waals surface area contributed by atoms with Crippen molar-refractivity contribution >= 4 is 39.3 Å². The van der Waals surface area contributed by atoms with Gasteiger partial charge in [-0.25, -0.2) is 13.2 Å². The van der Waals surface area contributed by atoms with Gasteiger partial charge >= 0.3 is 6.03 Å². The third kappa shape index (κ3) is 6.17. The van der Waals surface area contributed by atoms with E-state index in [4.69, 9.17) is 23.2 Å². The standard InChI is InChI=1S/C26H34Cl2N4O3S/c1-4-19-5-7-20(8-6-19)16-29(2)25-18-31(17-22(25)21-9-10-23(27)24(28)15-21)26(33)30-11-13-32(14-12-30)36(3,34)35/h5-10,15,22,25H,4,11-14,16-18H2,1-3H3. The SMILES string of the molecule is CCc1ccc(CN(C)C2CN(C(=O)N3CCN(S(C)(=O)=O)CC3)CC2c2ccc(Cl)c(Cl)c2)cc1. The molecule has 4 rings (SSSR count). The highest BCUT2D eigenvalue weighted by Gasteiger charge is 2.40. The van der Waals surface area contributed by atoms with Crippen molar-refractivity contribution in [2.24, 2.45) is 0 Å². The molecule has 2 fully saturated rings. The molecule has 2 saturated heterocycles. The number of likely N-dealkylation sites (tertiary alicyclic amines) is 1. The zero-order valence-corrected chi connectivity index (χ0v) is 23.4. The number of hydrogen-bond acceptors (Lipinski definition) is 4. The topological polar surface area (TPSA) is 64.2 Å². The van der Waals surface area contributed by atoms with Crippen LogP contribution in [0.25, 0.3) is 0 Å². The molecule has 0 aromatic heterocycles. The van der Waals surface area contributed by atoms with Gasteiger partial charge in [-0.2, -0.15) is 4.31 Å². The second kappa shape index (κ2) is 11.3. The number of benzene rings is 2. The van der Waals surface area contributed by atoms with E-state index in [2.05, 4.69) is 43.1 Å². The summed E-state index contributed by atoms with van der Waals surface area (Å²) in [6.45, 7) is 5.49. The molecule has 0 aliphatic carbocycles. The Labute approximate surface area is 224 Å². The minimum Gasteiger partial charge on any atom is -0.322 e. The number of hydrogen-bond donors (Lipinski definition) is 0. The summed E-state index contributed by atoms with van der Waals surface area (Å²) in [5.41, 5.74) is 3.59. The molecule has 2 aliphatic rings. The largest absolute Gasteiger partial charge is 0.322 e. The van der Waals surface area contributed by atoms with Crippen LogP contribution in [0.4, 0.5) is 4.79 Å². The molecule has 0 spiro atoms. The van der Waals surface area contributed by atoms with Gasteiger partial charge in [0.25, 0.3) is 0 Å². The number of nitrogens with zero attached hydrogens (tertiary/aromatic N) is 4. The van der Waals surface area contributed by atoms with Crippen LogP contribution in [0.1, 0.15) is 29.5 Å². The monoisotopic (exact) mass is 552 g/mol. The van der Waals surface area contributed by atoms with Gasteiger partial charge in [0, 0.05) is 57.8 Å². The third-order valence-electron chi connectivity index (χ3n) is 7.34. The maximum atomic E-state index is 13.5. The van der Waals surface area contributed by atoms with Gasteiger partial charge < -0.3 is 9.80 Å². The van der Waals surface area contributed by atoms with Crippen molar-refractivity contribution < 1.29 is 13.2 Å². The van der Waals surface area contributed by atoms with Gasteiger partial charge in [0.05, 0.1) is 16.3 Å². The van der Waals surface area contributed by atoms with Crippen LogP contribution in [0.3, 0.4) is 0 Å². The van der Waals surface area contributed by atoms with Crippen molar-refractivity contribution in [1.82, 2.24) is 19.0 Å². The van der Waals surface area contributed by atoms with Crippen LogP contribution < -0.4 is 0 Å². The fraction of sp³-hybridized carbons (Fsp3) is 0.500. The Balaban J connectivity index is 1.52. The number of piperazine rings is 1. The van der Waals surface area contributed by atoms with Gasteiger partial charge in [-0.05, 0) is 42.3 Å². The Morgan fingerprint density at radius 1 is 0.944 bits per heavy atom. The fourth-order valence-corrected chi connectivity index (χ4v) is 6.29. The highest BCUT2D eigenvalue weighted by atomic mass is 35.5. The summed E-state index contributed by atoms with van der Waals surface area (Å²) in [6, 6.07) is 14.4. The number of urea groups is 1. The Morgan fingerprint density at radius 3 is 2.17 bits per heavy atom. The molecular weight excluding hydrogens is 519 g/mol. The molecule has 2 unspecified atom stereocenters. The first kappa shape index (κ1) is 27.2. The third-order valence-corrected chi connectivity index (χ3v) is 9.38. The molecule has 2 amide bonds. The van der Waals surface area contributed by atoms with Crippen molar-refractivity contribution in [1.29, 1.82) is 0 Å². The van der Waals surface area contributed by atoms with Crippen molar-refractivity contribution in [3.63, 3.8) is 0 Å². The summed E-state index contributed by atoms with van der Waals surface area (Å²) in [5, 5.41) is 1.02. The lowest BCUT2D eigenvalue weighted by molar-refractivity contribution is 0.138. The minimum atomic E-state index is -3.25. The Morgan fingerprint density at radius 2 is 1.58 bits per heavy atom. The molecule has 2 aliphatic heterocycles. The molecule has 2 atom stereocenters. The van der Waals surface area contributed by atoms with Gasteiger partial charge in [-0.1, -0.05) is 60.5 Å². The molecule has 2 aromatic rings. The second-order valence-corrected chi connectivity index (χ2v) is 12.6. The van der Waals surface area contributed by atoms with E-state index >= 15 is 0 Å². The van der Waals surface area contributed by atoms with Gasteiger partial charge in [0.2, 0.25) is 10.0 Å². The summed E-state index contributed by atoms with van der Waals surface area (Å²) in [4.78, 5) is 19.4. The van der Waals surface area contributed by atoms with E-state index in [-0.39, 0.29) is 18.0 Å². The van der Waals surface area contributed by atoms with Crippen LogP contribution in [0.15, 0.2) is 42.5 Å². The number of carbonyl (C=O) groups excluding carboxylic acids is 1. The van der Waals surface area contributed by atoms with E-state index in [1.807, 2.05) is 23.1 Å². The highest BCUT2D eigenvalue weighted by Crippen LogP contribution is 2.35. The lowest BCUT2D eigenvalue weighted by Crippen LogP contribution is -2.53. The highest BCUT2D eigenvalue weighted by molar-refractivity contribution is 7.88.